The average Bonchev–Trinajstić information content (AvgIpc) is 2.28. The summed E-state index contributed by atoms with van der Waals surface area (Å²) < 4.78 is 10.8. The van der Waals surface area contributed by atoms with Crippen LogP contribution >= 0.6 is 0 Å². The van der Waals surface area contributed by atoms with Crippen LogP contribution in [0.15, 0.2) is 24.3 Å². The van der Waals surface area contributed by atoms with E-state index < -0.39 is 0 Å². The molecule has 0 spiro atoms. The number of benzene rings is 1. The Bertz CT molecular complexity index is 314. The van der Waals surface area contributed by atoms with E-state index in [4.69, 9.17) is 15.2 Å². The Morgan fingerprint density at radius 3 is 2.18 bits per heavy atom. The predicted octanol–water partition coefficient (Wildman–Crippen LogP) is 2.34. The summed E-state index contributed by atoms with van der Waals surface area (Å²) in [6.45, 7) is 8.89. The average molecular weight is 237 g/mol. The zero-order valence-electron chi connectivity index (χ0n) is 11.0. The quantitative estimate of drug-likeness (QED) is 0.772. The molecular weight excluding hydrogens is 214 g/mol. The normalized spacial score (nSPS) is 11.5. The Balaban J connectivity index is 2.36. The highest BCUT2D eigenvalue weighted by molar-refractivity contribution is 5.31. The molecule has 0 saturated heterocycles. The summed E-state index contributed by atoms with van der Waals surface area (Å²) in [6.07, 6.45) is 0. The first kappa shape index (κ1) is 14.0. The summed E-state index contributed by atoms with van der Waals surface area (Å²) in [6, 6.07) is 8.22. The number of hydrogen-bond donors (Lipinski definition) is 1. The van der Waals surface area contributed by atoms with Crippen molar-refractivity contribution in [1.29, 1.82) is 0 Å². The minimum Gasteiger partial charge on any atom is -0.491 e. The highest BCUT2D eigenvalue weighted by Gasteiger charge is 2.12. The molecule has 0 aliphatic carbocycles. The Morgan fingerprint density at radius 2 is 1.65 bits per heavy atom. The van der Waals surface area contributed by atoms with Crippen molar-refractivity contribution in [1.82, 2.24) is 0 Å². The molecule has 0 saturated carbocycles. The fraction of sp³-hybridized carbons (Fsp3) is 0.571. The van der Waals surface area contributed by atoms with Crippen molar-refractivity contribution >= 4 is 0 Å². The molecule has 0 unspecified atom stereocenters. The van der Waals surface area contributed by atoms with Crippen molar-refractivity contribution in [3.63, 3.8) is 0 Å². The molecule has 0 fully saturated rings. The molecule has 0 aliphatic heterocycles. The van der Waals surface area contributed by atoms with E-state index in [9.17, 15) is 0 Å². The second-order valence-electron chi connectivity index (χ2n) is 5.02. The van der Waals surface area contributed by atoms with Gasteiger partial charge in [-0.1, -0.05) is 32.9 Å². The van der Waals surface area contributed by atoms with Crippen LogP contribution in [0, 0.1) is 0 Å². The third-order valence-corrected chi connectivity index (χ3v) is 2.48. The van der Waals surface area contributed by atoms with Crippen LogP contribution in [0.2, 0.25) is 0 Å². The van der Waals surface area contributed by atoms with Gasteiger partial charge in [-0.2, -0.15) is 0 Å². The molecular formula is C14H23NO2. The van der Waals surface area contributed by atoms with Crippen molar-refractivity contribution in [2.75, 3.05) is 26.4 Å². The van der Waals surface area contributed by atoms with E-state index in [1.54, 1.807) is 0 Å². The number of hydrogen-bond acceptors (Lipinski definition) is 3. The van der Waals surface area contributed by atoms with Gasteiger partial charge in [0.15, 0.2) is 0 Å². The molecule has 3 heteroatoms. The smallest absolute Gasteiger partial charge is 0.119 e. The van der Waals surface area contributed by atoms with Crippen LogP contribution < -0.4 is 10.5 Å². The van der Waals surface area contributed by atoms with Crippen molar-refractivity contribution < 1.29 is 9.47 Å². The van der Waals surface area contributed by atoms with Gasteiger partial charge in [-0.25, -0.2) is 0 Å². The largest absolute Gasteiger partial charge is 0.491 e. The van der Waals surface area contributed by atoms with Gasteiger partial charge in [0.1, 0.15) is 12.4 Å². The van der Waals surface area contributed by atoms with Crippen molar-refractivity contribution in [3.05, 3.63) is 29.8 Å². The van der Waals surface area contributed by atoms with Gasteiger partial charge >= 0.3 is 0 Å². The van der Waals surface area contributed by atoms with Gasteiger partial charge < -0.3 is 15.2 Å². The molecule has 0 atom stereocenters. The second kappa shape index (κ2) is 6.62. The lowest BCUT2D eigenvalue weighted by Crippen LogP contribution is -2.13. The first-order chi connectivity index (χ1) is 8.04. The molecule has 0 bridgehead atoms. The van der Waals surface area contributed by atoms with E-state index in [0.717, 1.165) is 5.75 Å². The van der Waals surface area contributed by atoms with Gasteiger partial charge in [-0.05, 0) is 23.1 Å². The zero-order valence-corrected chi connectivity index (χ0v) is 11.0. The summed E-state index contributed by atoms with van der Waals surface area (Å²) >= 11 is 0. The molecule has 1 rings (SSSR count). The third kappa shape index (κ3) is 5.20. The zero-order chi connectivity index (χ0) is 12.7. The van der Waals surface area contributed by atoms with Crippen molar-refractivity contribution in [2.24, 2.45) is 5.73 Å². The maximum Gasteiger partial charge on any atom is 0.119 e. The van der Waals surface area contributed by atoms with Crippen molar-refractivity contribution in [2.45, 2.75) is 26.2 Å². The van der Waals surface area contributed by atoms with Gasteiger partial charge in [-0.3, -0.25) is 0 Å². The molecule has 0 aliphatic rings. The van der Waals surface area contributed by atoms with E-state index in [1.807, 2.05) is 12.1 Å². The Morgan fingerprint density at radius 1 is 1.00 bits per heavy atom. The fourth-order valence-electron chi connectivity index (χ4n) is 1.45. The van der Waals surface area contributed by atoms with Crippen LogP contribution in [-0.4, -0.2) is 26.4 Å². The summed E-state index contributed by atoms with van der Waals surface area (Å²) in [4.78, 5) is 0. The first-order valence-electron chi connectivity index (χ1n) is 6.05. The van der Waals surface area contributed by atoms with Crippen LogP contribution in [0.4, 0.5) is 0 Å². The Hall–Kier alpha value is -1.06. The van der Waals surface area contributed by atoms with Gasteiger partial charge in [0, 0.05) is 6.54 Å². The lowest BCUT2D eigenvalue weighted by atomic mass is 9.87. The Kier molecular flexibility index (Phi) is 5.45. The van der Waals surface area contributed by atoms with E-state index in [-0.39, 0.29) is 5.41 Å². The number of ether oxygens (including phenoxy) is 2. The second-order valence-corrected chi connectivity index (χ2v) is 5.02. The van der Waals surface area contributed by atoms with Crippen molar-refractivity contribution in [3.8, 4) is 5.75 Å². The van der Waals surface area contributed by atoms with Gasteiger partial charge in [0.25, 0.3) is 0 Å². The van der Waals surface area contributed by atoms with Gasteiger partial charge in [0.2, 0.25) is 0 Å². The molecule has 1 aromatic rings. The third-order valence-electron chi connectivity index (χ3n) is 2.48. The predicted molar refractivity (Wildman–Crippen MR) is 70.5 cm³/mol. The molecule has 0 heterocycles. The molecule has 17 heavy (non-hydrogen) atoms. The van der Waals surface area contributed by atoms with Crippen LogP contribution in [0.25, 0.3) is 0 Å². The van der Waals surface area contributed by atoms with Gasteiger partial charge in [-0.15, -0.1) is 0 Å². The molecule has 0 aromatic heterocycles. The lowest BCUT2D eigenvalue weighted by molar-refractivity contribution is 0.106. The standard InChI is InChI=1S/C14H23NO2/c1-14(2,3)12-4-6-13(7-5-12)17-11-10-16-9-8-15/h4-7H,8-11,15H2,1-3H3. The number of nitrogens with two attached hydrogens (primary N) is 1. The highest BCUT2D eigenvalue weighted by Crippen LogP contribution is 2.24. The summed E-state index contributed by atoms with van der Waals surface area (Å²) in [5, 5.41) is 0. The van der Waals surface area contributed by atoms with Crippen LogP contribution in [0.1, 0.15) is 26.3 Å². The maximum absolute atomic E-state index is 5.55. The van der Waals surface area contributed by atoms with E-state index in [0.29, 0.717) is 26.4 Å². The minimum absolute atomic E-state index is 0.183. The fourth-order valence-corrected chi connectivity index (χ4v) is 1.45. The topological polar surface area (TPSA) is 44.5 Å². The number of rotatable bonds is 6. The van der Waals surface area contributed by atoms with Crippen LogP contribution in [0.5, 0.6) is 5.75 Å². The Labute approximate surface area is 104 Å². The van der Waals surface area contributed by atoms with E-state index in [2.05, 4.69) is 32.9 Å². The minimum atomic E-state index is 0.183. The highest BCUT2D eigenvalue weighted by atomic mass is 16.5. The molecule has 96 valence electrons. The first-order valence-corrected chi connectivity index (χ1v) is 6.05. The molecule has 2 N–H and O–H groups in total. The molecule has 0 amide bonds. The van der Waals surface area contributed by atoms with Crippen LogP contribution in [0.3, 0.4) is 0 Å². The lowest BCUT2D eigenvalue weighted by Gasteiger charge is -2.19. The molecule has 0 radical (unpaired) electrons. The SMILES string of the molecule is CC(C)(C)c1ccc(OCCOCCN)cc1. The summed E-state index contributed by atoms with van der Waals surface area (Å²) in [5.41, 5.74) is 6.81. The summed E-state index contributed by atoms with van der Waals surface area (Å²) in [5.74, 6) is 0.884. The van der Waals surface area contributed by atoms with Crippen LogP contribution in [-0.2, 0) is 10.2 Å². The van der Waals surface area contributed by atoms with E-state index >= 15 is 0 Å². The maximum atomic E-state index is 5.55. The summed E-state index contributed by atoms with van der Waals surface area (Å²) in [7, 11) is 0. The van der Waals surface area contributed by atoms with Gasteiger partial charge in [0.05, 0.1) is 13.2 Å². The molecule has 3 nitrogen and oxygen atoms in total. The molecule has 1 aromatic carbocycles. The van der Waals surface area contributed by atoms with E-state index in [1.165, 1.54) is 5.56 Å². The monoisotopic (exact) mass is 237 g/mol.